The molecule has 2 heterocycles. The van der Waals surface area contributed by atoms with Crippen molar-refractivity contribution >= 4 is 28.7 Å². The first kappa shape index (κ1) is 16.0. The van der Waals surface area contributed by atoms with Gasteiger partial charge >= 0.3 is 6.03 Å². The van der Waals surface area contributed by atoms with Crippen LogP contribution in [0, 0.1) is 0 Å². The second-order valence-corrected chi connectivity index (χ2v) is 5.84. The number of amides is 4. The SMILES string of the molecule is CCCNC(=O)CN1C(=O)N[C@H](Cc2c[nH]c3ccccc23)C1=O. The number of H-pyrrole nitrogens is 1. The maximum atomic E-state index is 12.4. The van der Waals surface area contributed by atoms with Crippen LogP contribution in [0.15, 0.2) is 30.5 Å². The number of aromatic amines is 1. The van der Waals surface area contributed by atoms with Crippen LogP contribution in [0.2, 0.25) is 0 Å². The Morgan fingerprint density at radius 1 is 1.29 bits per heavy atom. The molecule has 1 aliphatic heterocycles. The number of rotatable bonds is 6. The molecule has 7 heteroatoms. The highest BCUT2D eigenvalue weighted by Crippen LogP contribution is 2.21. The number of hydrogen-bond acceptors (Lipinski definition) is 3. The zero-order valence-electron chi connectivity index (χ0n) is 13.5. The summed E-state index contributed by atoms with van der Waals surface area (Å²) in [6.07, 6.45) is 3.04. The largest absolute Gasteiger partial charge is 0.361 e. The summed E-state index contributed by atoms with van der Waals surface area (Å²) >= 11 is 0. The molecule has 0 saturated carbocycles. The molecule has 3 rings (SSSR count). The summed E-state index contributed by atoms with van der Waals surface area (Å²) in [5.41, 5.74) is 1.95. The molecule has 1 aromatic carbocycles. The van der Waals surface area contributed by atoms with Crippen LogP contribution in [0.25, 0.3) is 10.9 Å². The van der Waals surface area contributed by atoms with E-state index in [2.05, 4.69) is 15.6 Å². The van der Waals surface area contributed by atoms with Crippen LogP contribution in [0.5, 0.6) is 0 Å². The van der Waals surface area contributed by atoms with Crippen LogP contribution >= 0.6 is 0 Å². The van der Waals surface area contributed by atoms with E-state index in [4.69, 9.17) is 0 Å². The van der Waals surface area contributed by atoms with Crippen molar-refractivity contribution in [3.63, 3.8) is 0 Å². The van der Waals surface area contributed by atoms with Crippen molar-refractivity contribution in [2.75, 3.05) is 13.1 Å². The molecule has 0 spiro atoms. The van der Waals surface area contributed by atoms with Crippen LogP contribution in [-0.4, -0.2) is 46.9 Å². The van der Waals surface area contributed by atoms with Crippen molar-refractivity contribution < 1.29 is 14.4 Å². The number of urea groups is 1. The van der Waals surface area contributed by atoms with Gasteiger partial charge in [-0.05, 0) is 18.1 Å². The predicted molar refractivity (Wildman–Crippen MR) is 89.3 cm³/mol. The number of hydrogen-bond donors (Lipinski definition) is 3. The van der Waals surface area contributed by atoms with Gasteiger partial charge in [-0.25, -0.2) is 4.79 Å². The standard InChI is InChI=1S/C17H20N4O3/c1-2-7-18-15(22)10-21-16(23)14(20-17(21)24)8-11-9-19-13-6-4-3-5-12(11)13/h3-6,9,14,19H,2,7-8,10H2,1H3,(H,18,22)(H,20,24)/t14-/m1/s1. The van der Waals surface area contributed by atoms with Crippen molar-refractivity contribution in [1.29, 1.82) is 0 Å². The third-order valence-electron chi connectivity index (χ3n) is 4.08. The maximum Gasteiger partial charge on any atom is 0.325 e. The number of carbonyl (C=O) groups excluding carboxylic acids is 3. The number of fused-ring (bicyclic) bond motifs is 1. The lowest BCUT2D eigenvalue weighted by atomic mass is 10.1. The van der Waals surface area contributed by atoms with Crippen LogP contribution in [0.4, 0.5) is 4.79 Å². The van der Waals surface area contributed by atoms with E-state index in [1.165, 1.54) is 0 Å². The van der Waals surface area contributed by atoms with E-state index >= 15 is 0 Å². The van der Waals surface area contributed by atoms with Crippen LogP contribution in [0.1, 0.15) is 18.9 Å². The van der Waals surface area contributed by atoms with Crippen LogP contribution < -0.4 is 10.6 Å². The fraction of sp³-hybridized carbons (Fsp3) is 0.353. The Kier molecular flexibility index (Phi) is 4.50. The molecule has 0 bridgehead atoms. The minimum Gasteiger partial charge on any atom is -0.361 e. The molecule has 1 aromatic heterocycles. The highest BCUT2D eigenvalue weighted by atomic mass is 16.2. The van der Waals surface area contributed by atoms with Crippen molar-refractivity contribution in [3.05, 3.63) is 36.0 Å². The molecule has 0 radical (unpaired) electrons. The minimum atomic E-state index is -0.643. The van der Waals surface area contributed by atoms with E-state index in [1.54, 1.807) is 0 Å². The second-order valence-electron chi connectivity index (χ2n) is 5.84. The van der Waals surface area contributed by atoms with Crippen molar-refractivity contribution in [2.45, 2.75) is 25.8 Å². The maximum absolute atomic E-state index is 12.4. The monoisotopic (exact) mass is 328 g/mol. The molecule has 0 unspecified atom stereocenters. The number of imide groups is 1. The average Bonchev–Trinajstić information content (AvgIpc) is 3.10. The van der Waals surface area contributed by atoms with E-state index < -0.39 is 12.1 Å². The molecular weight excluding hydrogens is 308 g/mol. The Labute approximate surface area is 139 Å². The first-order valence-corrected chi connectivity index (χ1v) is 8.03. The van der Waals surface area contributed by atoms with Crippen LogP contribution in [-0.2, 0) is 16.0 Å². The zero-order valence-corrected chi connectivity index (χ0v) is 13.5. The fourth-order valence-corrected chi connectivity index (χ4v) is 2.85. The number of nitrogens with one attached hydrogen (secondary N) is 3. The van der Waals surface area contributed by atoms with Gasteiger partial charge in [-0.1, -0.05) is 25.1 Å². The van der Waals surface area contributed by atoms with Gasteiger partial charge in [-0.15, -0.1) is 0 Å². The summed E-state index contributed by atoms with van der Waals surface area (Å²) < 4.78 is 0. The number of aromatic nitrogens is 1. The van der Waals surface area contributed by atoms with Gasteiger partial charge in [0.2, 0.25) is 5.91 Å². The Morgan fingerprint density at radius 3 is 2.88 bits per heavy atom. The summed E-state index contributed by atoms with van der Waals surface area (Å²) in [6, 6.07) is 6.63. The first-order valence-electron chi connectivity index (χ1n) is 8.03. The van der Waals surface area contributed by atoms with Gasteiger partial charge in [0.1, 0.15) is 12.6 Å². The normalized spacial score (nSPS) is 17.4. The van der Waals surface area contributed by atoms with E-state index in [0.717, 1.165) is 27.8 Å². The summed E-state index contributed by atoms with van der Waals surface area (Å²) in [5, 5.41) is 6.36. The van der Waals surface area contributed by atoms with Gasteiger partial charge < -0.3 is 15.6 Å². The summed E-state index contributed by atoms with van der Waals surface area (Å²) in [7, 11) is 0. The fourth-order valence-electron chi connectivity index (χ4n) is 2.85. The smallest absolute Gasteiger partial charge is 0.325 e. The predicted octanol–water partition coefficient (Wildman–Crippen LogP) is 1.16. The number of carbonyl (C=O) groups is 3. The van der Waals surface area contributed by atoms with E-state index in [-0.39, 0.29) is 18.4 Å². The highest BCUT2D eigenvalue weighted by molar-refractivity contribution is 6.06. The highest BCUT2D eigenvalue weighted by Gasteiger charge is 2.39. The molecule has 126 valence electrons. The van der Waals surface area contributed by atoms with E-state index in [0.29, 0.717) is 13.0 Å². The molecule has 2 aromatic rings. The average molecular weight is 328 g/mol. The molecule has 4 amide bonds. The zero-order chi connectivity index (χ0) is 17.1. The first-order chi connectivity index (χ1) is 11.6. The van der Waals surface area contributed by atoms with Crippen molar-refractivity contribution in [2.24, 2.45) is 0 Å². The molecule has 24 heavy (non-hydrogen) atoms. The quantitative estimate of drug-likeness (QED) is 0.695. The van der Waals surface area contributed by atoms with Gasteiger partial charge in [0.25, 0.3) is 5.91 Å². The molecule has 1 fully saturated rings. The van der Waals surface area contributed by atoms with Crippen molar-refractivity contribution in [1.82, 2.24) is 20.5 Å². The Bertz CT molecular complexity index is 783. The van der Waals surface area contributed by atoms with Crippen LogP contribution in [0.3, 0.4) is 0 Å². The van der Waals surface area contributed by atoms with Gasteiger partial charge in [0.05, 0.1) is 0 Å². The van der Waals surface area contributed by atoms with Gasteiger partial charge in [0.15, 0.2) is 0 Å². The lowest BCUT2D eigenvalue weighted by molar-refractivity contribution is -0.132. The topological polar surface area (TPSA) is 94.3 Å². The Morgan fingerprint density at radius 2 is 2.08 bits per heavy atom. The van der Waals surface area contributed by atoms with Crippen molar-refractivity contribution in [3.8, 4) is 0 Å². The number of benzene rings is 1. The molecule has 3 N–H and O–H groups in total. The lowest BCUT2D eigenvalue weighted by Gasteiger charge is -2.12. The van der Waals surface area contributed by atoms with E-state index in [1.807, 2.05) is 37.4 Å². The molecule has 1 saturated heterocycles. The van der Waals surface area contributed by atoms with E-state index in [9.17, 15) is 14.4 Å². The number of para-hydroxylation sites is 1. The molecule has 0 aliphatic carbocycles. The summed E-state index contributed by atoms with van der Waals surface area (Å²) in [4.78, 5) is 40.3. The third-order valence-corrected chi connectivity index (χ3v) is 4.08. The van der Waals surface area contributed by atoms with Gasteiger partial charge in [0, 0.05) is 30.1 Å². The Balaban J connectivity index is 1.68. The minimum absolute atomic E-state index is 0.241. The summed E-state index contributed by atoms with van der Waals surface area (Å²) in [6.45, 7) is 2.22. The van der Waals surface area contributed by atoms with Gasteiger partial charge in [-0.2, -0.15) is 0 Å². The molecule has 1 atom stereocenters. The molecule has 7 nitrogen and oxygen atoms in total. The Hall–Kier alpha value is -2.83. The molecular formula is C17H20N4O3. The number of nitrogens with zero attached hydrogens (tertiary/aromatic N) is 1. The third kappa shape index (κ3) is 3.10. The second kappa shape index (κ2) is 6.74. The van der Waals surface area contributed by atoms with Gasteiger partial charge in [-0.3, -0.25) is 14.5 Å². The summed E-state index contributed by atoms with van der Waals surface area (Å²) in [5.74, 6) is -0.690. The lowest BCUT2D eigenvalue weighted by Crippen LogP contribution is -2.41. The molecule has 1 aliphatic rings.